The SMILES string of the molecule is CC(=O)Nc1ccc(CC(=O)NCCc2ccc(Cl)cc2Cl)cc1. The van der Waals surface area contributed by atoms with E-state index in [1.165, 1.54) is 6.92 Å². The Morgan fingerprint density at radius 1 is 1.04 bits per heavy atom. The van der Waals surface area contributed by atoms with Gasteiger partial charge in [-0.15, -0.1) is 0 Å². The average molecular weight is 365 g/mol. The van der Waals surface area contributed by atoms with Gasteiger partial charge >= 0.3 is 0 Å². The highest BCUT2D eigenvalue weighted by molar-refractivity contribution is 6.35. The molecular formula is C18H18Cl2N2O2. The standard InChI is InChI=1S/C18H18Cl2N2O2/c1-12(23)22-16-6-2-13(3-7-16)10-18(24)21-9-8-14-4-5-15(19)11-17(14)20/h2-7,11H,8-10H2,1H3,(H,21,24)(H,22,23). The molecule has 2 N–H and O–H groups in total. The van der Waals surface area contributed by atoms with Crippen molar-refractivity contribution >= 4 is 40.7 Å². The molecule has 0 aliphatic heterocycles. The number of benzene rings is 2. The summed E-state index contributed by atoms with van der Waals surface area (Å²) in [6.07, 6.45) is 0.928. The molecule has 2 aromatic carbocycles. The minimum Gasteiger partial charge on any atom is -0.355 e. The zero-order valence-corrected chi connectivity index (χ0v) is 14.7. The number of nitrogens with one attached hydrogen (secondary N) is 2. The normalized spacial score (nSPS) is 10.3. The third kappa shape index (κ3) is 5.87. The quantitative estimate of drug-likeness (QED) is 0.817. The van der Waals surface area contributed by atoms with E-state index in [0.29, 0.717) is 28.7 Å². The molecule has 0 aliphatic carbocycles. The van der Waals surface area contributed by atoms with Crippen LogP contribution in [0.4, 0.5) is 5.69 Å². The van der Waals surface area contributed by atoms with Crippen molar-refractivity contribution in [3.05, 3.63) is 63.6 Å². The predicted octanol–water partition coefficient (Wildman–Crippen LogP) is 3.85. The Morgan fingerprint density at radius 2 is 1.75 bits per heavy atom. The summed E-state index contributed by atoms with van der Waals surface area (Å²) < 4.78 is 0. The largest absolute Gasteiger partial charge is 0.355 e. The third-order valence-electron chi connectivity index (χ3n) is 3.37. The second-order valence-corrected chi connectivity index (χ2v) is 6.23. The molecule has 4 nitrogen and oxygen atoms in total. The molecule has 24 heavy (non-hydrogen) atoms. The van der Waals surface area contributed by atoms with E-state index in [0.717, 1.165) is 11.1 Å². The van der Waals surface area contributed by atoms with Crippen molar-refractivity contribution in [3.63, 3.8) is 0 Å². The topological polar surface area (TPSA) is 58.2 Å². The van der Waals surface area contributed by atoms with E-state index in [4.69, 9.17) is 23.2 Å². The fourth-order valence-electron chi connectivity index (χ4n) is 2.22. The van der Waals surface area contributed by atoms with Gasteiger partial charge in [-0.1, -0.05) is 41.4 Å². The first-order chi connectivity index (χ1) is 11.4. The molecule has 2 rings (SSSR count). The Kier molecular flexibility index (Phi) is 6.64. The summed E-state index contributed by atoms with van der Waals surface area (Å²) in [7, 11) is 0. The zero-order valence-electron chi connectivity index (χ0n) is 13.2. The van der Waals surface area contributed by atoms with Crippen LogP contribution in [0.5, 0.6) is 0 Å². The summed E-state index contributed by atoms with van der Waals surface area (Å²) in [4.78, 5) is 22.9. The summed E-state index contributed by atoms with van der Waals surface area (Å²) in [6, 6.07) is 12.5. The van der Waals surface area contributed by atoms with Crippen LogP contribution in [0.1, 0.15) is 18.1 Å². The highest BCUT2D eigenvalue weighted by Crippen LogP contribution is 2.21. The van der Waals surface area contributed by atoms with Gasteiger partial charge in [0.25, 0.3) is 0 Å². The number of hydrogen-bond acceptors (Lipinski definition) is 2. The molecule has 0 saturated carbocycles. The van der Waals surface area contributed by atoms with Crippen LogP contribution in [-0.4, -0.2) is 18.4 Å². The minimum absolute atomic E-state index is 0.0626. The number of halogens is 2. The van der Waals surface area contributed by atoms with Gasteiger partial charge in [-0.2, -0.15) is 0 Å². The smallest absolute Gasteiger partial charge is 0.224 e. The fraction of sp³-hybridized carbons (Fsp3) is 0.222. The lowest BCUT2D eigenvalue weighted by Gasteiger charge is -2.08. The second-order valence-electron chi connectivity index (χ2n) is 5.39. The number of amides is 2. The minimum atomic E-state index is -0.124. The van der Waals surface area contributed by atoms with Crippen LogP contribution >= 0.6 is 23.2 Å². The maximum absolute atomic E-state index is 12.0. The van der Waals surface area contributed by atoms with E-state index < -0.39 is 0 Å². The van der Waals surface area contributed by atoms with E-state index >= 15 is 0 Å². The molecule has 6 heteroatoms. The Bertz CT molecular complexity index is 730. The van der Waals surface area contributed by atoms with Crippen molar-refractivity contribution in [2.45, 2.75) is 19.8 Å². The molecule has 0 fully saturated rings. The van der Waals surface area contributed by atoms with Crippen molar-refractivity contribution in [2.75, 3.05) is 11.9 Å². The van der Waals surface area contributed by atoms with Crippen LogP contribution < -0.4 is 10.6 Å². The van der Waals surface area contributed by atoms with E-state index in [1.54, 1.807) is 24.3 Å². The molecular weight excluding hydrogens is 347 g/mol. The molecule has 0 aliphatic rings. The predicted molar refractivity (Wildman–Crippen MR) is 97.6 cm³/mol. The van der Waals surface area contributed by atoms with Crippen LogP contribution in [0.3, 0.4) is 0 Å². The molecule has 0 spiro atoms. The first-order valence-electron chi connectivity index (χ1n) is 7.51. The molecule has 0 radical (unpaired) electrons. The number of rotatable bonds is 6. The summed E-state index contributed by atoms with van der Waals surface area (Å²) in [6.45, 7) is 1.96. The molecule has 0 heterocycles. The number of hydrogen-bond donors (Lipinski definition) is 2. The molecule has 0 saturated heterocycles. The van der Waals surface area contributed by atoms with Crippen LogP contribution in [0.2, 0.25) is 10.0 Å². The molecule has 0 bridgehead atoms. The van der Waals surface area contributed by atoms with Gasteiger partial charge in [0.15, 0.2) is 0 Å². The van der Waals surface area contributed by atoms with Crippen molar-refractivity contribution in [3.8, 4) is 0 Å². The maximum atomic E-state index is 12.0. The lowest BCUT2D eigenvalue weighted by Crippen LogP contribution is -2.27. The Morgan fingerprint density at radius 3 is 2.38 bits per heavy atom. The van der Waals surface area contributed by atoms with Gasteiger partial charge in [0, 0.05) is 29.2 Å². The Labute approximate surface area is 151 Å². The lowest BCUT2D eigenvalue weighted by atomic mass is 10.1. The number of carbonyl (C=O) groups is 2. The first kappa shape index (κ1) is 18.3. The Balaban J connectivity index is 1.79. The van der Waals surface area contributed by atoms with E-state index in [-0.39, 0.29) is 18.2 Å². The highest BCUT2D eigenvalue weighted by Gasteiger charge is 2.05. The highest BCUT2D eigenvalue weighted by atomic mass is 35.5. The van der Waals surface area contributed by atoms with Crippen molar-refractivity contribution in [2.24, 2.45) is 0 Å². The van der Waals surface area contributed by atoms with Crippen molar-refractivity contribution in [1.29, 1.82) is 0 Å². The van der Waals surface area contributed by atoms with Crippen molar-refractivity contribution in [1.82, 2.24) is 5.32 Å². The molecule has 0 atom stereocenters. The molecule has 0 aromatic heterocycles. The third-order valence-corrected chi connectivity index (χ3v) is 3.96. The van der Waals surface area contributed by atoms with Gasteiger partial charge < -0.3 is 10.6 Å². The molecule has 2 amide bonds. The molecule has 2 aromatic rings. The Hall–Kier alpha value is -2.04. The summed E-state index contributed by atoms with van der Waals surface area (Å²) in [5.74, 6) is -0.186. The first-order valence-corrected chi connectivity index (χ1v) is 8.27. The second kappa shape index (κ2) is 8.71. The van der Waals surface area contributed by atoms with Crippen LogP contribution in [-0.2, 0) is 22.4 Å². The molecule has 0 unspecified atom stereocenters. The maximum Gasteiger partial charge on any atom is 0.224 e. The van der Waals surface area contributed by atoms with Crippen LogP contribution in [0.25, 0.3) is 0 Å². The van der Waals surface area contributed by atoms with Gasteiger partial charge in [-0.25, -0.2) is 0 Å². The van der Waals surface area contributed by atoms with Gasteiger partial charge in [0.1, 0.15) is 0 Å². The zero-order chi connectivity index (χ0) is 17.5. The van der Waals surface area contributed by atoms with Gasteiger partial charge in [-0.3, -0.25) is 9.59 Å². The van der Waals surface area contributed by atoms with Crippen LogP contribution in [0, 0.1) is 0 Å². The molecule has 126 valence electrons. The summed E-state index contributed by atoms with van der Waals surface area (Å²) in [5, 5.41) is 6.75. The van der Waals surface area contributed by atoms with E-state index in [2.05, 4.69) is 10.6 Å². The van der Waals surface area contributed by atoms with E-state index in [9.17, 15) is 9.59 Å². The van der Waals surface area contributed by atoms with Gasteiger partial charge in [0.2, 0.25) is 11.8 Å². The van der Waals surface area contributed by atoms with Crippen molar-refractivity contribution < 1.29 is 9.59 Å². The average Bonchev–Trinajstić information content (AvgIpc) is 2.51. The number of carbonyl (C=O) groups excluding carboxylic acids is 2. The number of anilines is 1. The lowest BCUT2D eigenvalue weighted by molar-refractivity contribution is -0.120. The van der Waals surface area contributed by atoms with Crippen LogP contribution in [0.15, 0.2) is 42.5 Å². The monoisotopic (exact) mass is 364 g/mol. The van der Waals surface area contributed by atoms with Gasteiger partial charge in [0.05, 0.1) is 6.42 Å². The summed E-state index contributed by atoms with van der Waals surface area (Å²) in [5.41, 5.74) is 2.54. The van der Waals surface area contributed by atoms with Gasteiger partial charge in [-0.05, 0) is 41.8 Å². The summed E-state index contributed by atoms with van der Waals surface area (Å²) >= 11 is 12.0. The van der Waals surface area contributed by atoms with E-state index in [1.807, 2.05) is 18.2 Å². The fourth-order valence-corrected chi connectivity index (χ4v) is 2.72.